The van der Waals surface area contributed by atoms with E-state index < -0.39 is 124 Å². The maximum atomic E-state index is 13.2. The van der Waals surface area contributed by atoms with Gasteiger partial charge in [0.05, 0.1) is 72.2 Å². The van der Waals surface area contributed by atoms with Gasteiger partial charge in [0.2, 0.25) is 0 Å². The molecule has 1 saturated carbocycles. The molecule has 382 valence electrons. The highest BCUT2D eigenvalue weighted by Crippen LogP contribution is 2.30. The van der Waals surface area contributed by atoms with Crippen LogP contribution in [0.4, 0.5) is 0 Å². The monoisotopic (exact) mass is 967 g/mol. The lowest BCUT2D eigenvalue weighted by Crippen LogP contribution is -2.50. The SMILES string of the molecule is CC(=O)OCC(COC(C)=O)(COC(C)=O)C(=O)OC[C@H]1CC[C@H](COCCOCCOCCOC(=O)CC(C(=O)O)N(CCN(CC(=O)O)CC(=O)O)CCN(CC(=O)O)CC(=O)O)CC1. The van der Waals surface area contributed by atoms with Gasteiger partial charge in [0, 0.05) is 53.6 Å². The smallest absolute Gasteiger partial charge is 0.322 e. The third-order valence-electron chi connectivity index (χ3n) is 10.0. The van der Waals surface area contributed by atoms with Crippen LogP contribution >= 0.6 is 0 Å². The van der Waals surface area contributed by atoms with Gasteiger partial charge in [0.15, 0.2) is 5.41 Å². The third-order valence-corrected chi connectivity index (χ3v) is 10.0. The van der Waals surface area contributed by atoms with E-state index in [1.165, 1.54) is 4.90 Å². The molecule has 26 nitrogen and oxygen atoms in total. The molecular formula is C41H65N3O23. The fraction of sp³-hybridized carbons (Fsp3) is 0.756. The molecule has 1 rings (SSSR count). The molecule has 0 aromatic rings. The Kier molecular flexibility index (Phi) is 29.3. The second-order valence-corrected chi connectivity index (χ2v) is 15.7. The summed E-state index contributed by atoms with van der Waals surface area (Å²) < 4.78 is 42.5. The van der Waals surface area contributed by atoms with E-state index in [1.807, 2.05) is 0 Å². The fourth-order valence-corrected chi connectivity index (χ4v) is 6.58. The van der Waals surface area contributed by atoms with Crippen molar-refractivity contribution in [2.75, 3.05) is 125 Å². The van der Waals surface area contributed by atoms with E-state index in [1.54, 1.807) is 0 Å². The van der Waals surface area contributed by atoms with Gasteiger partial charge >= 0.3 is 59.7 Å². The Hall–Kier alpha value is -5.54. The summed E-state index contributed by atoms with van der Waals surface area (Å²) in [5, 5.41) is 46.7. The predicted octanol–water partition coefficient (Wildman–Crippen LogP) is -1.31. The molecule has 0 spiro atoms. The van der Waals surface area contributed by atoms with Crippen LogP contribution in [0.1, 0.15) is 52.9 Å². The lowest BCUT2D eigenvalue weighted by Gasteiger charge is -2.32. The van der Waals surface area contributed by atoms with Crippen molar-refractivity contribution >= 4 is 59.7 Å². The van der Waals surface area contributed by atoms with Crippen LogP contribution in [0.15, 0.2) is 0 Å². The van der Waals surface area contributed by atoms with Gasteiger partial charge in [-0.05, 0) is 37.5 Å². The van der Waals surface area contributed by atoms with E-state index in [4.69, 9.17) is 37.9 Å². The largest absolute Gasteiger partial charge is 0.480 e. The van der Waals surface area contributed by atoms with Crippen LogP contribution < -0.4 is 0 Å². The van der Waals surface area contributed by atoms with Crippen LogP contribution in [0.2, 0.25) is 0 Å². The average Bonchev–Trinajstić information content (AvgIpc) is 3.23. The third kappa shape index (κ3) is 28.3. The Balaban J connectivity index is 2.49. The average molecular weight is 968 g/mol. The molecule has 1 unspecified atom stereocenters. The fourth-order valence-electron chi connectivity index (χ4n) is 6.58. The van der Waals surface area contributed by atoms with Gasteiger partial charge in [-0.3, -0.25) is 62.6 Å². The zero-order valence-corrected chi connectivity index (χ0v) is 38.1. The summed E-state index contributed by atoms with van der Waals surface area (Å²) in [6.45, 7) is -0.976. The standard InChI is InChI=1S/C41H65N3O23/c1-28(45)65-25-41(26-66-29(2)46,27-67-30(3)47)40(59)64-24-32-6-4-31(5-7-32)23-62-15-14-60-12-13-61-16-17-63-38(56)18-33(39(57)58)44(10-8-42(19-34(48)49)20-35(50)51)11-9-43(21-36(52)53)22-37(54)55/h31-33H,4-27H2,1-3H3,(H,48,49)(H,50,51)(H,52,53)(H,54,55)(H,57,58)/t31-,32-,33?. The first-order valence-electron chi connectivity index (χ1n) is 21.4. The summed E-state index contributed by atoms with van der Waals surface area (Å²) in [6.07, 6.45) is 2.38. The number of rotatable bonds is 38. The van der Waals surface area contributed by atoms with E-state index in [0.717, 1.165) is 56.3 Å². The number of ether oxygens (including phenoxy) is 8. The molecule has 0 radical (unpaired) electrons. The molecule has 0 aromatic carbocycles. The molecule has 1 aliphatic carbocycles. The summed E-state index contributed by atoms with van der Waals surface area (Å²) >= 11 is 0. The number of esters is 5. The van der Waals surface area contributed by atoms with E-state index in [2.05, 4.69) is 0 Å². The van der Waals surface area contributed by atoms with E-state index >= 15 is 0 Å². The van der Waals surface area contributed by atoms with Crippen LogP contribution in [-0.2, 0) is 85.8 Å². The minimum atomic E-state index is -1.74. The van der Waals surface area contributed by atoms with Gasteiger partial charge in [-0.2, -0.15) is 0 Å². The topological polar surface area (TPSA) is 355 Å². The minimum absolute atomic E-state index is 0.0363. The van der Waals surface area contributed by atoms with Crippen molar-refractivity contribution in [3.63, 3.8) is 0 Å². The van der Waals surface area contributed by atoms with Crippen LogP contribution in [0.5, 0.6) is 0 Å². The van der Waals surface area contributed by atoms with Crippen molar-refractivity contribution in [2.45, 2.75) is 58.9 Å². The Labute approximate surface area is 386 Å². The van der Waals surface area contributed by atoms with Crippen molar-refractivity contribution in [2.24, 2.45) is 17.3 Å². The number of aliphatic carboxylic acids is 5. The molecule has 0 aromatic heterocycles. The van der Waals surface area contributed by atoms with Crippen LogP contribution in [0, 0.1) is 17.3 Å². The lowest BCUT2D eigenvalue weighted by atomic mass is 9.83. The molecule has 0 amide bonds. The summed E-state index contributed by atoms with van der Waals surface area (Å²) in [5.41, 5.74) is -1.74. The second kappa shape index (κ2) is 33.0. The highest BCUT2D eigenvalue weighted by molar-refractivity contribution is 5.82. The van der Waals surface area contributed by atoms with Gasteiger partial charge in [-0.1, -0.05) is 0 Å². The molecule has 1 atom stereocenters. The highest BCUT2D eigenvalue weighted by atomic mass is 16.6. The van der Waals surface area contributed by atoms with Gasteiger partial charge < -0.3 is 63.4 Å². The molecule has 0 heterocycles. The van der Waals surface area contributed by atoms with E-state index in [-0.39, 0.29) is 77.7 Å². The molecule has 5 N–H and O–H groups in total. The van der Waals surface area contributed by atoms with Crippen molar-refractivity contribution in [3.05, 3.63) is 0 Å². The summed E-state index contributed by atoms with van der Waals surface area (Å²) in [7, 11) is 0. The highest BCUT2D eigenvalue weighted by Gasteiger charge is 2.45. The summed E-state index contributed by atoms with van der Waals surface area (Å²) in [4.78, 5) is 121. The molecule has 1 aliphatic rings. The number of nitrogens with zero attached hydrogens (tertiary/aromatic N) is 3. The number of hydrogen-bond acceptors (Lipinski definition) is 21. The maximum Gasteiger partial charge on any atom is 0.322 e. The van der Waals surface area contributed by atoms with E-state index in [0.29, 0.717) is 13.2 Å². The number of carboxylic acids is 5. The maximum absolute atomic E-state index is 13.2. The van der Waals surface area contributed by atoms with Gasteiger partial charge in [-0.15, -0.1) is 0 Å². The molecule has 26 heteroatoms. The summed E-state index contributed by atoms with van der Waals surface area (Å²) in [5.74, 6) is -10.5. The van der Waals surface area contributed by atoms with Crippen molar-refractivity contribution in [1.29, 1.82) is 0 Å². The number of hydrogen-bond donors (Lipinski definition) is 5. The van der Waals surface area contributed by atoms with E-state index in [9.17, 15) is 73.5 Å². The quantitative estimate of drug-likeness (QED) is 0.0272. The molecule has 0 bridgehead atoms. The molecular weight excluding hydrogens is 902 g/mol. The van der Waals surface area contributed by atoms with Gasteiger partial charge in [0.25, 0.3) is 0 Å². The number of carboxylic acid groups (broad SMARTS) is 5. The van der Waals surface area contributed by atoms with Gasteiger partial charge in [0.1, 0.15) is 32.5 Å². The lowest BCUT2D eigenvalue weighted by molar-refractivity contribution is -0.179. The normalized spacial score (nSPS) is 15.4. The second-order valence-electron chi connectivity index (χ2n) is 15.7. The predicted molar refractivity (Wildman–Crippen MR) is 223 cm³/mol. The molecule has 67 heavy (non-hydrogen) atoms. The Morgan fingerprint density at radius 2 is 0.866 bits per heavy atom. The van der Waals surface area contributed by atoms with Crippen LogP contribution in [0.3, 0.4) is 0 Å². The van der Waals surface area contributed by atoms with Crippen LogP contribution in [0.25, 0.3) is 0 Å². The zero-order valence-electron chi connectivity index (χ0n) is 38.1. The Morgan fingerprint density at radius 1 is 0.493 bits per heavy atom. The number of carbonyl (C=O) groups excluding carboxylic acids is 5. The number of carbonyl (C=O) groups is 10. The zero-order chi connectivity index (χ0) is 50.4. The molecule has 1 fully saturated rings. The van der Waals surface area contributed by atoms with Crippen LogP contribution in [-0.4, -0.2) is 231 Å². The van der Waals surface area contributed by atoms with Crippen molar-refractivity contribution in [3.8, 4) is 0 Å². The Morgan fingerprint density at radius 3 is 1.24 bits per heavy atom. The first kappa shape index (κ1) is 59.5. The first-order chi connectivity index (χ1) is 31.6. The van der Waals surface area contributed by atoms with Gasteiger partial charge in [-0.25, -0.2) is 0 Å². The first-order valence-corrected chi connectivity index (χ1v) is 21.4. The van der Waals surface area contributed by atoms with Crippen molar-refractivity contribution < 1.29 is 111 Å². The minimum Gasteiger partial charge on any atom is -0.480 e. The van der Waals surface area contributed by atoms with Crippen molar-refractivity contribution in [1.82, 2.24) is 14.7 Å². The summed E-state index contributed by atoms with van der Waals surface area (Å²) in [6, 6.07) is -1.60. The molecule has 0 saturated heterocycles. The Bertz CT molecular complexity index is 1500. The molecule has 0 aliphatic heterocycles.